The van der Waals surface area contributed by atoms with Gasteiger partial charge in [-0.3, -0.25) is 4.79 Å². The fourth-order valence-electron chi connectivity index (χ4n) is 3.46. The first-order valence-electron chi connectivity index (χ1n) is 9.63. The number of thiazole rings is 1. The highest BCUT2D eigenvalue weighted by Gasteiger charge is 2.22. The van der Waals surface area contributed by atoms with Crippen LogP contribution in [0.3, 0.4) is 0 Å². The molecule has 0 spiro atoms. The molecule has 1 saturated heterocycles. The molecule has 5 nitrogen and oxygen atoms in total. The average Bonchev–Trinajstić information content (AvgIpc) is 3.29. The number of carbonyl (C=O) groups is 1. The van der Waals surface area contributed by atoms with E-state index in [1.54, 1.807) is 47.7 Å². The summed E-state index contributed by atoms with van der Waals surface area (Å²) in [6, 6.07) is 12.8. The monoisotopic (exact) mass is 411 g/mol. The van der Waals surface area contributed by atoms with Crippen molar-refractivity contribution in [2.75, 3.05) is 24.5 Å². The predicted molar refractivity (Wildman–Crippen MR) is 112 cm³/mol. The number of anilines is 1. The zero-order valence-corrected chi connectivity index (χ0v) is 16.7. The summed E-state index contributed by atoms with van der Waals surface area (Å²) in [4.78, 5) is 19.3. The summed E-state index contributed by atoms with van der Waals surface area (Å²) in [6.45, 7) is 2.55. The Kier molecular flexibility index (Phi) is 6.05. The predicted octanol–water partition coefficient (Wildman–Crippen LogP) is 4.72. The Morgan fingerprint density at radius 1 is 1.24 bits per heavy atom. The van der Waals surface area contributed by atoms with E-state index in [0.717, 1.165) is 31.1 Å². The lowest BCUT2D eigenvalue weighted by Crippen LogP contribution is -2.41. The first-order valence-corrected chi connectivity index (χ1v) is 10.5. The van der Waals surface area contributed by atoms with Gasteiger partial charge in [0.1, 0.15) is 17.3 Å². The Balaban J connectivity index is 1.33. The topological polar surface area (TPSA) is 54.5 Å². The molecule has 0 radical (unpaired) electrons. The molecule has 0 bridgehead atoms. The van der Waals surface area contributed by atoms with Gasteiger partial charge in [0.05, 0.1) is 0 Å². The molecule has 150 valence electrons. The molecule has 4 rings (SSSR count). The fraction of sp³-hybridized carbons (Fsp3) is 0.273. The minimum Gasteiger partial charge on any atom is -0.457 e. The van der Waals surface area contributed by atoms with Crippen molar-refractivity contribution in [3.05, 3.63) is 71.5 Å². The minimum absolute atomic E-state index is 0.124. The highest BCUT2D eigenvalue weighted by Crippen LogP contribution is 2.25. The molecule has 1 amide bonds. The highest BCUT2D eigenvalue weighted by molar-refractivity contribution is 7.13. The van der Waals surface area contributed by atoms with Gasteiger partial charge in [0.15, 0.2) is 5.13 Å². The molecule has 2 aromatic carbocycles. The lowest BCUT2D eigenvalue weighted by molar-refractivity contribution is 0.0945. The van der Waals surface area contributed by atoms with Gasteiger partial charge in [-0.15, -0.1) is 11.3 Å². The van der Waals surface area contributed by atoms with Crippen LogP contribution in [0, 0.1) is 11.7 Å². The molecule has 0 saturated carbocycles. The number of halogens is 1. The van der Waals surface area contributed by atoms with E-state index in [0.29, 0.717) is 29.5 Å². The quantitative estimate of drug-likeness (QED) is 0.638. The van der Waals surface area contributed by atoms with Crippen molar-refractivity contribution in [2.24, 2.45) is 5.92 Å². The molecule has 7 heteroatoms. The van der Waals surface area contributed by atoms with Crippen LogP contribution in [0.1, 0.15) is 23.2 Å². The van der Waals surface area contributed by atoms with Gasteiger partial charge in [-0.05, 0) is 61.2 Å². The Morgan fingerprint density at radius 2 is 2.10 bits per heavy atom. The van der Waals surface area contributed by atoms with E-state index in [-0.39, 0.29) is 11.7 Å². The summed E-state index contributed by atoms with van der Waals surface area (Å²) >= 11 is 1.65. The molecule has 1 aromatic heterocycles. The van der Waals surface area contributed by atoms with Crippen molar-refractivity contribution in [2.45, 2.75) is 12.8 Å². The lowest BCUT2D eigenvalue weighted by atomic mass is 9.98. The molecule has 1 aliphatic rings. The number of ether oxygens (including phenoxy) is 1. The summed E-state index contributed by atoms with van der Waals surface area (Å²) in [5.74, 6) is 1.02. The van der Waals surface area contributed by atoms with Crippen LogP contribution >= 0.6 is 11.3 Å². The van der Waals surface area contributed by atoms with Gasteiger partial charge >= 0.3 is 0 Å². The SMILES string of the molecule is O=C(NCC1CCCN(c2nccs2)C1)c1cccc(Oc2ccc(F)cc2)c1. The van der Waals surface area contributed by atoms with Crippen LogP contribution in [-0.2, 0) is 0 Å². The largest absolute Gasteiger partial charge is 0.457 e. The van der Waals surface area contributed by atoms with Crippen molar-refractivity contribution >= 4 is 22.4 Å². The molecule has 1 atom stereocenters. The van der Waals surface area contributed by atoms with E-state index in [1.165, 1.54) is 12.1 Å². The maximum Gasteiger partial charge on any atom is 0.251 e. The summed E-state index contributed by atoms with van der Waals surface area (Å²) in [5, 5.41) is 6.08. The second-order valence-electron chi connectivity index (χ2n) is 7.06. The number of nitrogens with zero attached hydrogens (tertiary/aromatic N) is 2. The zero-order chi connectivity index (χ0) is 20.1. The first kappa shape index (κ1) is 19.4. The number of rotatable bonds is 6. The highest BCUT2D eigenvalue weighted by atomic mass is 32.1. The van der Waals surface area contributed by atoms with E-state index in [4.69, 9.17) is 4.74 Å². The molecule has 1 unspecified atom stereocenters. The smallest absolute Gasteiger partial charge is 0.251 e. The Labute approximate surface area is 173 Å². The summed E-state index contributed by atoms with van der Waals surface area (Å²) in [6.07, 6.45) is 4.02. The number of aromatic nitrogens is 1. The van der Waals surface area contributed by atoms with Crippen LogP contribution < -0.4 is 15.0 Å². The second-order valence-corrected chi connectivity index (χ2v) is 7.94. The fourth-order valence-corrected chi connectivity index (χ4v) is 4.14. The molecule has 1 aliphatic heterocycles. The van der Waals surface area contributed by atoms with Gasteiger partial charge in [-0.1, -0.05) is 6.07 Å². The normalized spacial score (nSPS) is 16.4. The van der Waals surface area contributed by atoms with Gasteiger partial charge in [-0.2, -0.15) is 0 Å². The summed E-state index contributed by atoms with van der Waals surface area (Å²) in [5.41, 5.74) is 0.539. The van der Waals surface area contributed by atoms with Crippen molar-refractivity contribution in [1.82, 2.24) is 10.3 Å². The van der Waals surface area contributed by atoms with Gasteiger partial charge in [-0.25, -0.2) is 9.37 Å². The molecular weight excluding hydrogens is 389 g/mol. The second kappa shape index (κ2) is 9.05. The van der Waals surface area contributed by atoms with Gasteiger partial charge < -0.3 is 15.0 Å². The van der Waals surface area contributed by atoms with Crippen LogP contribution in [0.4, 0.5) is 9.52 Å². The van der Waals surface area contributed by atoms with Gasteiger partial charge in [0.2, 0.25) is 0 Å². The standard InChI is InChI=1S/C22H22FN3O2S/c23-18-6-8-19(9-7-18)28-20-5-1-4-17(13-20)21(27)25-14-16-3-2-11-26(15-16)22-24-10-12-29-22/h1,4-10,12-13,16H,2-3,11,14-15H2,(H,25,27). The number of hydrogen-bond donors (Lipinski definition) is 1. The third-order valence-electron chi connectivity index (χ3n) is 4.91. The van der Waals surface area contributed by atoms with Gasteiger partial charge in [0, 0.05) is 36.8 Å². The van der Waals surface area contributed by atoms with E-state index in [1.807, 2.05) is 11.6 Å². The maximum absolute atomic E-state index is 13.0. The van der Waals surface area contributed by atoms with Crippen LogP contribution in [0.15, 0.2) is 60.1 Å². The molecule has 1 fully saturated rings. The Bertz CT molecular complexity index is 947. The van der Waals surface area contributed by atoms with Crippen LogP contribution in [0.5, 0.6) is 11.5 Å². The third-order valence-corrected chi connectivity index (χ3v) is 5.74. The Morgan fingerprint density at radius 3 is 2.90 bits per heavy atom. The molecule has 2 heterocycles. The van der Waals surface area contributed by atoms with Crippen LogP contribution in [-0.4, -0.2) is 30.5 Å². The summed E-state index contributed by atoms with van der Waals surface area (Å²) in [7, 11) is 0. The van der Waals surface area contributed by atoms with E-state index < -0.39 is 0 Å². The van der Waals surface area contributed by atoms with E-state index >= 15 is 0 Å². The number of benzene rings is 2. The maximum atomic E-state index is 13.0. The number of nitrogens with one attached hydrogen (secondary N) is 1. The molecule has 0 aliphatic carbocycles. The van der Waals surface area contributed by atoms with E-state index in [9.17, 15) is 9.18 Å². The van der Waals surface area contributed by atoms with E-state index in [2.05, 4.69) is 15.2 Å². The number of carbonyl (C=O) groups excluding carboxylic acids is 1. The molecule has 29 heavy (non-hydrogen) atoms. The lowest BCUT2D eigenvalue weighted by Gasteiger charge is -2.32. The van der Waals surface area contributed by atoms with Gasteiger partial charge in [0.25, 0.3) is 5.91 Å². The molecule has 1 N–H and O–H groups in total. The van der Waals surface area contributed by atoms with Crippen LogP contribution in [0.2, 0.25) is 0 Å². The average molecular weight is 412 g/mol. The number of amides is 1. The zero-order valence-electron chi connectivity index (χ0n) is 15.9. The first-order chi connectivity index (χ1) is 14.2. The van der Waals surface area contributed by atoms with Crippen molar-refractivity contribution in [3.63, 3.8) is 0 Å². The minimum atomic E-state index is -0.318. The van der Waals surface area contributed by atoms with Crippen molar-refractivity contribution in [3.8, 4) is 11.5 Å². The number of piperidine rings is 1. The van der Waals surface area contributed by atoms with Crippen molar-refractivity contribution in [1.29, 1.82) is 0 Å². The number of hydrogen-bond acceptors (Lipinski definition) is 5. The van der Waals surface area contributed by atoms with Crippen LogP contribution in [0.25, 0.3) is 0 Å². The molecule has 3 aromatic rings. The van der Waals surface area contributed by atoms with Crippen molar-refractivity contribution < 1.29 is 13.9 Å². The Hall–Kier alpha value is -2.93. The summed E-state index contributed by atoms with van der Waals surface area (Å²) < 4.78 is 18.7. The molecular formula is C22H22FN3O2S. The third kappa shape index (κ3) is 5.12.